The van der Waals surface area contributed by atoms with Crippen LogP contribution >= 0.6 is 11.8 Å². The van der Waals surface area contributed by atoms with Gasteiger partial charge >= 0.3 is 5.97 Å². The largest absolute Gasteiger partial charge is 0.511 e. The van der Waals surface area contributed by atoms with Gasteiger partial charge in [0.05, 0.1) is 6.61 Å². The molecule has 0 amide bonds. The van der Waals surface area contributed by atoms with E-state index in [2.05, 4.69) is 20.8 Å². The van der Waals surface area contributed by atoms with Gasteiger partial charge in [-0.15, -0.1) is 0 Å². The van der Waals surface area contributed by atoms with Gasteiger partial charge in [0, 0.05) is 11.3 Å². The van der Waals surface area contributed by atoms with E-state index in [1.165, 1.54) is 11.8 Å². The molecular weight excluding hydrogens is 448 g/mol. The second-order valence-electron chi connectivity index (χ2n) is 10.6. The number of aliphatic hydroxyl groups excluding tert-OH is 2. The summed E-state index contributed by atoms with van der Waals surface area (Å²) in [6.07, 6.45) is 3.65. The molecule has 2 aliphatic rings. The number of rotatable bonds is 7. The fourth-order valence-electron chi connectivity index (χ4n) is 4.73. The third-order valence-corrected chi connectivity index (χ3v) is 8.10. The summed E-state index contributed by atoms with van der Waals surface area (Å²) in [5.74, 6) is 0.125. The van der Waals surface area contributed by atoms with Crippen LogP contribution < -0.4 is 0 Å². The zero-order valence-electron chi connectivity index (χ0n) is 20.4. The Kier molecular flexibility index (Phi) is 6.76. The average molecular weight is 483 g/mol. The molecular formula is C28H34O5S. The number of thioether (sulfide) groups is 1. The molecule has 1 atom stereocenters. The molecule has 0 aromatic heterocycles. The van der Waals surface area contributed by atoms with Crippen molar-refractivity contribution < 1.29 is 24.9 Å². The maximum atomic E-state index is 13.2. The van der Waals surface area contributed by atoms with Gasteiger partial charge in [-0.1, -0.05) is 50.7 Å². The molecule has 1 saturated carbocycles. The van der Waals surface area contributed by atoms with Crippen LogP contribution in [0.4, 0.5) is 0 Å². The number of carbonyl (C=O) groups is 1. The zero-order chi connectivity index (χ0) is 24.7. The van der Waals surface area contributed by atoms with Crippen LogP contribution in [0, 0.1) is 12.8 Å². The number of phenols is 1. The van der Waals surface area contributed by atoms with Crippen molar-refractivity contribution >= 4 is 17.7 Å². The van der Waals surface area contributed by atoms with Crippen molar-refractivity contribution in [3.8, 4) is 5.75 Å². The molecule has 1 aliphatic heterocycles. The Balaban J connectivity index is 1.61. The van der Waals surface area contributed by atoms with Crippen LogP contribution in [0.3, 0.4) is 0 Å². The number of aryl methyl sites for hydroxylation is 2. The highest BCUT2D eigenvalue weighted by Crippen LogP contribution is 2.52. The number of carbonyl (C=O) groups excluding carboxylic acids is 1. The van der Waals surface area contributed by atoms with Gasteiger partial charge in [0.15, 0.2) is 0 Å². The van der Waals surface area contributed by atoms with Gasteiger partial charge < -0.3 is 20.1 Å². The van der Waals surface area contributed by atoms with Crippen molar-refractivity contribution in [3.05, 3.63) is 69.3 Å². The molecule has 3 N–H and O–H groups in total. The van der Waals surface area contributed by atoms with E-state index in [4.69, 9.17) is 4.74 Å². The molecule has 2 aromatic carbocycles. The van der Waals surface area contributed by atoms with E-state index in [0.29, 0.717) is 19.3 Å². The van der Waals surface area contributed by atoms with Gasteiger partial charge in [-0.2, -0.15) is 0 Å². The Morgan fingerprint density at radius 3 is 2.35 bits per heavy atom. The van der Waals surface area contributed by atoms with Gasteiger partial charge in [0.2, 0.25) is 0 Å². The number of hydrogen-bond acceptors (Lipinski definition) is 6. The average Bonchev–Trinajstić information content (AvgIpc) is 3.61. The molecule has 0 spiro atoms. The summed E-state index contributed by atoms with van der Waals surface area (Å²) in [6, 6.07) is 11.1. The van der Waals surface area contributed by atoms with Crippen LogP contribution in [0.2, 0.25) is 0 Å². The zero-order valence-corrected chi connectivity index (χ0v) is 21.2. The number of aliphatic hydroxyl groups is 2. The lowest BCUT2D eigenvalue weighted by molar-refractivity contribution is -0.161. The molecule has 6 heteroatoms. The second-order valence-corrected chi connectivity index (χ2v) is 11.7. The van der Waals surface area contributed by atoms with Gasteiger partial charge in [-0.25, -0.2) is 4.79 Å². The Morgan fingerprint density at radius 2 is 1.79 bits per heavy atom. The highest BCUT2D eigenvalue weighted by molar-refractivity contribution is 8.04. The topological polar surface area (TPSA) is 87.0 Å². The molecule has 1 unspecified atom stereocenters. The SMILES string of the molecule is Cc1cc(SC2=C(O)CC(CCc3ccc(O)cc3)(C3CC3)OC2=O)c(C(C)(C)C)cc1CO. The molecule has 0 bridgehead atoms. The van der Waals surface area contributed by atoms with Gasteiger partial charge in [0.1, 0.15) is 22.0 Å². The number of cyclic esters (lactones) is 1. The van der Waals surface area contributed by atoms with E-state index in [1.54, 1.807) is 12.1 Å². The van der Waals surface area contributed by atoms with Crippen molar-refractivity contribution in [2.75, 3.05) is 0 Å². The van der Waals surface area contributed by atoms with E-state index in [-0.39, 0.29) is 34.4 Å². The van der Waals surface area contributed by atoms with Crippen LogP contribution in [0.25, 0.3) is 0 Å². The summed E-state index contributed by atoms with van der Waals surface area (Å²) in [5.41, 5.74) is 3.01. The lowest BCUT2D eigenvalue weighted by atomic mass is 9.84. The van der Waals surface area contributed by atoms with Crippen LogP contribution in [0.1, 0.15) is 68.7 Å². The summed E-state index contributed by atoms with van der Waals surface area (Å²) >= 11 is 1.26. The number of aromatic hydroxyl groups is 1. The molecule has 2 aromatic rings. The Hall–Kier alpha value is -2.44. The molecule has 182 valence electrons. The Bertz CT molecular complexity index is 1110. The van der Waals surface area contributed by atoms with Crippen molar-refractivity contribution in [1.29, 1.82) is 0 Å². The minimum atomic E-state index is -0.688. The van der Waals surface area contributed by atoms with E-state index < -0.39 is 11.6 Å². The molecule has 0 radical (unpaired) electrons. The summed E-state index contributed by atoms with van der Waals surface area (Å²) < 4.78 is 6.13. The first-order chi connectivity index (χ1) is 16.0. The number of benzene rings is 2. The van der Waals surface area contributed by atoms with Crippen molar-refractivity contribution in [2.45, 2.75) is 82.3 Å². The first kappa shape index (κ1) is 24.7. The van der Waals surface area contributed by atoms with E-state index in [1.807, 2.05) is 31.2 Å². The molecule has 5 nitrogen and oxygen atoms in total. The fraction of sp³-hybridized carbons (Fsp3) is 0.464. The minimum absolute atomic E-state index is 0.0409. The van der Waals surface area contributed by atoms with Gasteiger partial charge in [-0.3, -0.25) is 0 Å². The number of esters is 1. The Morgan fingerprint density at radius 1 is 1.12 bits per heavy atom. The lowest BCUT2D eigenvalue weighted by Gasteiger charge is -2.37. The monoisotopic (exact) mass is 482 g/mol. The summed E-state index contributed by atoms with van der Waals surface area (Å²) in [6.45, 7) is 8.19. The van der Waals surface area contributed by atoms with E-state index in [0.717, 1.165) is 40.0 Å². The normalized spacial score (nSPS) is 21.0. The predicted molar refractivity (Wildman–Crippen MR) is 134 cm³/mol. The third kappa shape index (κ3) is 5.13. The lowest BCUT2D eigenvalue weighted by Crippen LogP contribution is -2.42. The van der Waals surface area contributed by atoms with Gasteiger partial charge in [0.25, 0.3) is 0 Å². The molecule has 1 fully saturated rings. The summed E-state index contributed by atoms with van der Waals surface area (Å²) in [4.78, 5) is 14.4. The first-order valence-corrected chi connectivity index (χ1v) is 12.7. The van der Waals surface area contributed by atoms with Crippen molar-refractivity contribution in [2.24, 2.45) is 5.92 Å². The molecule has 4 rings (SSSR count). The Labute approximate surface area is 205 Å². The van der Waals surface area contributed by atoms with Crippen LogP contribution in [-0.2, 0) is 28.0 Å². The molecule has 0 saturated heterocycles. The highest BCUT2D eigenvalue weighted by atomic mass is 32.2. The number of ether oxygens (including phenoxy) is 1. The minimum Gasteiger partial charge on any atom is -0.511 e. The molecule has 34 heavy (non-hydrogen) atoms. The summed E-state index contributed by atoms with van der Waals surface area (Å²) in [7, 11) is 0. The number of hydrogen-bond donors (Lipinski definition) is 3. The maximum Gasteiger partial charge on any atom is 0.349 e. The van der Waals surface area contributed by atoms with Crippen molar-refractivity contribution in [1.82, 2.24) is 0 Å². The summed E-state index contributed by atoms with van der Waals surface area (Å²) in [5, 5.41) is 30.4. The number of phenolic OH excluding ortho intramolecular Hbond substituents is 1. The van der Waals surface area contributed by atoms with E-state index >= 15 is 0 Å². The predicted octanol–water partition coefficient (Wildman–Crippen LogP) is 6.08. The van der Waals surface area contributed by atoms with Crippen LogP contribution in [-0.4, -0.2) is 26.9 Å². The molecule has 1 heterocycles. The van der Waals surface area contributed by atoms with Crippen LogP contribution in [0.5, 0.6) is 5.75 Å². The standard InChI is InChI=1S/C28H34O5S/c1-17-13-24(22(27(2,3)4)14-19(17)16-29)34-25-23(31)15-28(20-7-8-20,33-26(25)32)12-11-18-5-9-21(30)10-6-18/h5-6,9-10,13-14,20,29-31H,7-8,11-12,15-16H2,1-4H3. The first-order valence-electron chi connectivity index (χ1n) is 11.9. The smallest absolute Gasteiger partial charge is 0.349 e. The highest BCUT2D eigenvalue weighted by Gasteiger charge is 2.52. The molecule has 1 aliphatic carbocycles. The maximum absolute atomic E-state index is 13.2. The van der Waals surface area contributed by atoms with Gasteiger partial charge in [-0.05, 0) is 84.4 Å². The second kappa shape index (κ2) is 9.31. The quantitative estimate of drug-likeness (QED) is 0.415. The third-order valence-electron chi connectivity index (χ3n) is 6.93. The van der Waals surface area contributed by atoms with Crippen molar-refractivity contribution in [3.63, 3.8) is 0 Å². The van der Waals surface area contributed by atoms with E-state index in [9.17, 15) is 20.1 Å². The fourth-order valence-corrected chi connectivity index (χ4v) is 5.97. The van der Waals surface area contributed by atoms with Crippen LogP contribution in [0.15, 0.2) is 52.0 Å².